The number of carbonyl (C=O) groups is 1. The summed E-state index contributed by atoms with van der Waals surface area (Å²) in [5, 5.41) is 11.0. The zero-order valence-electron chi connectivity index (χ0n) is 12.7. The number of piperidine rings is 1. The average Bonchev–Trinajstić information content (AvgIpc) is 2.38. The van der Waals surface area contributed by atoms with Crippen molar-refractivity contribution in [1.29, 1.82) is 0 Å². The lowest BCUT2D eigenvalue weighted by Gasteiger charge is -2.39. The minimum atomic E-state index is -0.590. The van der Waals surface area contributed by atoms with Crippen LogP contribution in [0.25, 0.3) is 0 Å². The van der Waals surface area contributed by atoms with E-state index in [1.807, 2.05) is 32.9 Å². The van der Waals surface area contributed by atoms with E-state index in [2.05, 4.69) is 0 Å². The van der Waals surface area contributed by atoms with Crippen LogP contribution in [0, 0.1) is 0 Å². The summed E-state index contributed by atoms with van der Waals surface area (Å²) in [5.74, 6) is 0. The van der Waals surface area contributed by atoms with Crippen LogP contribution in [0.4, 0.5) is 4.79 Å². The number of halogens is 1. The van der Waals surface area contributed by atoms with Crippen molar-refractivity contribution in [2.24, 2.45) is 0 Å². The van der Waals surface area contributed by atoms with Gasteiger partial charge in [-0.25, -0.2) is 4.79 Å². The minimum absolute atomic E-state index is 0.383. The lowest BCUT2D eigenvalue weighted by Crippen LogP contribution is -2.47. The van der Waals surface area contributed by atoms with Crippen LogP contribution in [-0.2, 0) is 4.74 Å². The molecule has 1 aliphatic rings. The number of hydrogen-bond donors (Lipinski definition) is 1. The lowest BCUT2D eigenvalue weighted by molar-refractivity contribution is -0.0239. The molecule has 0 radical (unpaired) electrons. The number of nitrogens with zero attached hydrogens (tertiary/aromatic N) is 1. The molecule has 1 aromatic rings. The summed E-state index contributed by atoms with van der Waals surface area (Å²) in [6, 6.07) is 6.85. The molecular formula is C16H22ClNO3. The molecule has 1 amide bonds. The van der Waals surface area contributed by atoms with Crippen molar-refractivity contribution in [3.63, 3.8) is 0 Å². The Kier molecular flexibility index (Phi) is 4.79. The van der Waals surface area contributed by atoms with Crippen molar-refractivity contribution in [3.05, 3.63) is 34.9 Å². The highest BCUT2D eigenvalue weighted by atomic mass is 35.5. The van der Waals surface area contributed by atoms with Gasteiger partial charge in [0.1, 0.15) is 5.60 Å². The van der Waals surface area contributed by atoms with E-state index in [0.717, 1.165) is 12.0 Å². The van der Waals surface area contributed by atoms with Gasteiger partial charge in [-0.15, -0.1) is 0 Å². The number of hydrogen-bond acceptors (Lipinski definition) is 3. The average molecular weight is 312 g/mol. The molecule has 0 aromatic heterocycles. The molecule has 2 unspecified atom stereocenters. The second kappa shape index (κ2) is 6.24. The topological polar surface area (TPSA) is 49.8 Å². The van der Waals surface area contributed by atoms with Crippen LogP contribution >= 0.6 is 11.6 Å². The number of amides is 1. The molecule has 2 rings (SSSR count). The summed E-state index contributed by atoms with van der Waals surface area (Å²) < 4.78 is 5.45. The van der Waals surface area contributed by atoms with Crippen LogP contribution < -0.4 is 0 Å². The van der Waals surface area contributed by atoms with E-state index in [-0.39, 0.29) is 12.1 Å². The summed E-state index contributed by atoms with van der Waals surface area (Å²) in [6.07, 6.45) is 0.463. The highest BCUT2D eigenvalue weighted by Crippen LogP contribution is 2.33. The Morgan fingerprint density at radius 2 is 1.95 bits per heavy atom. The van der Waals surface area contributed by atoms with Gasteiger partial charge in [-0.3, -0.25) is 4.90 Å². The second-order valence-corrected chi connectivity index (χ2v) is 6.82. The Morgan fingerprint density at radius 1 is 1.33 bits per heavy atom. The van der Waals surface area contributed by atoms with Gasteiger partial charge in [-0.2, -0.15) is 0 Å². The summed E-state index contributed by atoms with van der Waals surface area (Å²) in [5.41, 5.74) is 0.321. The fourth-order valence-electron chi connectivity index (χ4n) is 2.56. The molecule has 1 saturated heterocycles. The van der Waals surface area contributed by atoms with Crippen LogP contribution in [0.15, 0.2) is 24.3 Å². The summed E-state index contributed by atoms with van der Waals surface area (Å²) >= 11 is 5.91. The van der Waals surface area contributed by atoms with Gasteiger partial charge in [0.2, 0.25) is 0 Å². The summed E-state index contributed by atoms with van der Waals surface area (Å²) in [6.45, 7) is 6.09. The van der Waals surface area contributed by atoms with Gasteiger partial charge < -0.3 is 9.84 Å². The van der Waals surface area contributed by atoms with E-state index in [1.54, 1.807) is 17.0 Å². The monoisotopic (exact) mass is 311 g/mol. The third-order valence-electron chi connectivity index (χ3n) is 3.44. The van der Waals surface area contributed by atoms with Gasteiger partial charge in [-0.1, -0.05) is 23.7 Å². The smallest absolute Gasteiger partial charge is 0.410 e. The lowest BCUT2D eigenvalue weighted by atomic mass is 9.93. The van der Waals surface area contributed by atoms with E-state index in [4.69, 9.17) is 16.3 Å². The maximum Gasteiger partial charge on any atom is 0.410 e. The van der Waals surface area contributed by atoms with Gasteiger partial charge in [0.25, 0.3) is 0 Å². The number of carbonyl (C=O) groups excluding carboxylic acids is 1. The molecule has 1 heterocycles. The quantitative estimate of drug-likeness (QED) is 0.859. The summed E-state index contributed by atoms with van der Waals surface area (Å²) in [4.78, 5) is 14.0. The number of aliphatic hydroxyl groups excluding tert-OH is 1. The number of ether oxygens (including phenoxy) is 1. The van der Waals surface area contributed by atoms with Crippen molar-refractivity contribution in [2.75, 3.05) is 6.54 Å². The molecule has 1 aromatic carbocycles. The van der Waals surface area contributed by atoms with Gasteiger partial charge in [0.15, 0.2) is 0 Å². The first-order valence-corrected chi connectivity index (χ1v) is 7.59. The van der Waals surface area contributed by atoms with E-state index in [9.17, 15) is 9.90 Å². The van der Waals surface area contributed by atoms with Crippen molar-refractivity contribution >= 4 is 17.7 Å². The van der Waals surface area contributed by atoms with Gasteiger partial charge in [0.05, 0.1) is 12.1 Å². The maximum absolute atomic E-state index is 12.4. The molecule has 5 heteroatoms. The second-order valence-electron chi connectivity index (χ2n) is 6.38. The zero-order chi connectivity index (χ0) is 15.6. The SMILES string of the molecule is CC(C)(C)OC(=O)N1CCCC(O)C1c1ccc(Cl)cc1. The highest BCUT2D eigenvalue weighted by Gasteiger charge is 2.36. The Bertz CT molecular complexity index is 495. The standard InChI is InChI=1S/C16H22ClNO3/c1-16(2,3)21-15(20)18-10-4-5-13(19)14(18)11-6-8-12(17)9-7-11/h6-9,13-14,19H,4-5,10H2,1-3H3. The predicted molar refractivity (Wildman–Crippen MR) is 82.4 cm³/mol. The van der Waals surface area contributed by atoms with E-state index in [1.165, 1.54) is 0 Å². The molecule has 0 spiro atoms. The molecule has 0 bridgehead atoms. The highest BCUT2D eigenvalue weighted by molar-refractivity contribution is 6.30. The Balaban J connectivity index is 2.25. The predicted octanol–water partition coefficient (Wildman–Crippen LogP) is 3.77. The van der Waals surface area contributed by atoms with Crippen molar-refractivity contribution in [3.8, 4) is 0 Å². The molecule has 2 atom stereocenters. The number of benzene rings is 1. The van der Waals surface area contributed by atoms with Crippen molar-refractivity contribution < 1.29 is 14.6 Å². The fraction of sp³-hybridized carbons (Fsp3) is 0.562. The number of rotatable bonds is 1. The molecular weight excluding hydrogens is 290 g/mol. The fourth-order valence-corrected chi connectivity index (χ4v) is 2.69. The molecule has 1 fully saturated rings. The van der Waals surface area contributed by atoms with Crippen LogP contribution in [0.5, 0.6) is 0 Å². The van der Waals surface area contributed by atoms with Gasteiger partial charge in [0, 0.05) is 11.6 Å². The first kappa shape index (κ1) is 16.1. The van der Waals surface area contributed by atoms with Crippen molar-refractivity contribution in [2.45, 2.75) is 51.4 Å². The molecule has 1 N–H and O–H groups in total. The summed E-state index contributed by atoms with van der Waals surface area (Å²) in [7, 11) is 0. The Labute approximate surface area is 130 Å². The van der Waals surface area contributed by atoms with Gasteiger partial charge >= 0.3 is 6.09 Å². The first-order chi connectivity index (χ1) is 9.78. The maximum atomic E-state index is 12.4. The first-order valence-electron chi connectivity index (χ1n) is 7.21. The van der Waals surface area contributed by atoms with E-state index < -0.39 is 11.7 Å². The van der Waals surface area contributed by atoms with Crippen LogP contribution in [0.3, 0.4) is 0 Å². The van der Waals surface area contributed by atoms with Crippen LogP contribution in [0.2, 0.25) is 5.02 Å². The Morgan fingerprint density at radius 3 is 2.52 bits per heavy atom. The molecule has 1 aliphatic heterocycles. The van der Waals surface area contributed by atoms with Crippen LogP contribution in [-0.4, -0.2) is 34.3 Å². The van der Waals surface area contributed by atoms with E-state index in [0.29, 0.717) is 18.0 Å². The normalized spacial score (nSPS) is 23.0. The van der Waals surface area contributed by atoms with Gasteiger partial charge in [-0.05, 0) is 51.3 Å². The zero-order valence-corrected chi connectivity index (χ0v) is 13.4. The number of aliphatic hydroxyl groups is 1. The number of likely N-dealkylation sites (tertiary alicyclic amines) is 1. The molecule has 0 saturated carbocycles. The molecule has 4 nitrogen and oxygen atoms in total. The van der Waals surface area contributed by atoms with Crippen molar-refractivity contribution in [1.82, 2.24) is 4.90 Å². The molecule has 0 aliphatic carbocycles. The molecule has 116 valence electrons. The van der Waals surface area contributed by atoms with Crippen LogP contribution in [0.1, 0.15) is 45.2 Å². The third kappa shape index (κ3) is 4.11. The van der Waals surface area contributed by atoms with E-state index >= 15 is 0 Å². The minimum Gasteiger partial charge on any atom is -0.444 e. The third-order valence-corrected chi connectivity index (χ3v) is 3.69. The Hall–Kier alpha value is -1.26. The largest absolute Gasteiger partial charge is 0.444 e. The molecule has 21 heavy (non-hydrogen) atoms.